The van der Waals surface area contributed by atoms with Gasteiger partial charge >= 0.3 is 0 Å². The molecule has 24 heavy (non-hydrogen) atoms. The van der Waals surface area contributed by atoms with Crippen molar-refractivity contribution in [3.63, 3.8) is 0 Å². The van der Waals surface area contributed by atoms with Gasteiger partial charge in [-0.25, -0.2) is 4.98 Å². The lowest BCUT2D eigenvalue weighted by molar-refractivity contribution is 0.822. The van der Waals surface area contributed by atoms with Gasteiger partial charge in [-0.1, -0.05) is 72.8 Å². The summed E-state index contributed by atoms with van der Waals surface area (Å²) in [6.45, 7) is 1.57. The molecule has 0 saturated heterocycles. The number of rotatable bonds is 5. The molecule has 4 aromatic rings. The van der Waals surface area contributed by atoms with Crippen LogP contribution in [0.1, 0.15) is 11.1 Å². The summed E-state index contributed by atoms with van der Waals surface area (Å²) in [6, 6.07) is 29.2. The summed E-state index contributed by atoms with van der Waals surface area (Å²) < 4.78 is 2.24. The fourth-order valence-corrected chi connectivity index (χ4v) is 2.91. The zero-order valence-corrected chi connectivity index (χ0v) is 13.4. The molecule has 0 bridgehead atoms. The van der Waals surface area contributed by atoms with Gasteiger partial charge in [-0.15, -0.1) is 0 Å². The SMILES string of the molecule is c1ccc(CNc2nc3ccccc3n2Cc2ccccc2)cc1. The molecule has 0 aliphatic rings. The first-order valence-electron chi connectivity index (χ1n) is 8.17. The van der Waals surface area contributed by atoms with Crippen LogP contribution in [0.15, 0.2) is 84.9 Å². The molecule has 3 nitrogen and oxygen atoms in total. The van der Waals surface area contributed by atoms with Crippen LogP contribution < -0.4 is 5.32 Å². The molecule has 1 aromatic heterocycles. The van der Waals surface area contributed by atoms with Crippen molar-refractivity contribution >= 4 is 17.0 Å². The summed E-state index contributed by atoms with van der Waals surface area (Å²) in [5.74, 6) is 0.906. The van der Waals surface area contributed by atoms with E-state index in [1.807, 2.05) is 18.2 Å². The lowest BCUT2D eigenvalue weighted by Gasteiger charge is -2.11. The molecule has 118 valence electrons. The molecule has 0 fully saturated rings. The van der Waals surface area contributed by atoms with Crippen LogP contribution in [0.2, 0.25) is 0 Å². The van der Waals surface area contributed by atoms with Crippen molar-refractivity contribution in [1.82, 2.24) is 9.55 Å². The highest BCUT2D eigenvalue weighted by atomic mass is 15.2. The van der Waals surface area contributed by atoms with Gasteiger partial charge in [-0.05, 0) is 23.3 Å². The maximum absolute atomic E-state index is 4.78. The Balaban J connectivity index is 1.67. The Bertz CT molecular complexity index is 927. The Kier molecular flexibility index (Phi) is 3.98. The minimum atomic E-state index is 0.763. The molecule has 0 spiro atoms. The Labute approximate surface area is 141 Å². The fourth-order valence-electron chi connectivity index (χ4n) is 2.91. The normalized spacial score (nSPS) is 10.8. The quantitative estimate of drug-likeness (QED) is 0.579. The summed E-state index contributed by atoms with van der Waals surface area (Å²) in [5, 5.41) is 3.49. The number of nitrogens with zero attached hydrogens (tertiary/aromatic N) is 2. The maximum Gasteiger partial charge on any atom is 0.204 e. The van der Waals surface area contributed by atoms with Gasteiger partial charge in [-0.3, -0.25) is 0 Å². The van der Waals surface area contributed by atoms with Crippen molar-refractivity contribution < 1.29 is 0 Å². The predicted octanol–water partition coefficient (Wildman–Crippen LogP) is 4.70. The minimum Gasteiger partial charge on any atom is -0.352 e. The summed E-state index contributed by atoms with van der Waals surface area (Å²) >= 11 is 0. The van der Waals surface area contributed by atoms with E-state index in [0.717, 1.165) is 30.1 Å². The lowest BCUT2D eigenvalue weighted by atomic mass is 10.2. The Hall–Kier alpha value is -3.07. The Morgan fingerprint density at radius 1 is 0.708 bits per heavy atom. The zero-order chi connectivity index (χ0) is 16.2. The molecule has 0 saturated carbocycles. The Morgan fingerprint density at radius 2 is 1.33 bits per heavy atom. The number of hydrogen-bond acceptors (Lipinski definition) is 2. The third-order valence-corrected chi connectivity index (χ3v) is 4.13. The van der Waals surface area contributed by atoms with Crippen molar-refractivity contribution in [2.45, 2.75) is 13.1 Å². The molecule has 1 heterocycles. The van der Waals surface area contributed by atoms with Crippen LogP contribution >= 0.6 is 0 Å². The van der Waals surface area contributed by atoms with E-state index in [2.05, 4.69) is 76.6 Å². The Morgan fingerprint density at radius 3 is 2.08 bits per heavy atom. The summed E-state index contributed by atoms with van der Waals surface area (Å²) in [5.41, 5.74) is 4.68. The van der Waals surface area contributed by atoms with Crippen molar-refractivity contribution in [1.29, 1.82) is 0 Å². The first kappa shape index (κ1) is 14.5. The van der Waals surface area contributed by atoms with Gasteiger partial charge in [-0.2, -0.15) is 0 Å². The third kappa shape index (κ3) is 3.01. The molecule has 0 unspecified atom stereocenters. The molecule has 1 N–H and O–H groups in total. The molecule has 0 amide bonds. The number of benzene rings is 3. The molecule has 4 rings (SSSR count). The first-order chi connectivity index (χ1) is 11.9. The summed E-state index contributed by atoms with van der Waals surface area (Å²) in [4.78, 5) is 4.78. The molecule has 0 aliphatic carbocycles. The highest BCUT2D eigenvalue weighted by Crippen LogP contribution is 2.21. The van der Waals surface area contributed by atoms with Gasteiger partial charge in [0.15, 0.2) is 0 Å². The van der Waals surface area contributed by atoms with Crippen LogP contribution in [0.5, 0.6) is 0 Å². The van der Waals surface area contributed by atoms with E-state index in [9.17, 15) is 0 Å². The van der Waals surface area contributed by atoms with Crippen LogP contribution in [0, 0.1) is 0 Å². The van der Waals surface area contributed by atoms with Crippen LogP contribution in [0.25, 0.3) is 11.0 Å². The van der Waals surface area contributed by atoms with Crippen molar-refractivity contribution in [2.24, 2.45) is 0 Å². The third-order valence-electron chi connectivity index (χ3n) is 4.13. The predicted molar refractivity (Wildman–Crippen MR) is 99.0 cm³/mol. The highest BCUT2D eigenvalue weighted by molar-refractivity contribution is 5.78. The number of fused-ring (bicyclic) bond motifs is 1. The van der Waals surface area contributed by atoms with Gasteiger partial charge in [0.2, 0.25) is 5.95 Å². The average Bonchev–Trinajstić information content (AvgIpc) is 2.99. The second kappa shape index (κ2) is 6.59. The standard InChI is InChI=1S/C21H19N3/c1-3-9-17(10-4-1)15-22-21-23-19-13-7-8-14-20(19)24(21)16-18-11-5-2-6-12-18/h1-14H,15-16H2,(H,22,23). The molecular formula is C21H19N3. The van der Waals surface area contributed by atoms with Gasteiger partial charge in [0, 0.05) is 6.54 Å². The molecule has 0 radical (unpaired) electrons. The second-order valence-corrected chi connectivity index (χ2v) is 5.84. The summed E-state index contributed by atoms with van der Waals surface area (Å²) in [6.07, 6.45) is 0. The number of nitrogens with one attached hydrogen (secondary N) is 1. The lowest BCUT2D eigenvalue weighted by Crippen LogP contribution is -2.08. The number of imidazole rings is 1. The summed E-state index contributed by atoms with van der Waals surface area (Å²) in [7, 11) is 0. The number of anilines is 1. The van der Waals surface area contributed by atoms with E-state index in [4.69, 9.17) is 4.98 Å². The number of hydrogen-bond donors (Lipinski definition) is 1. The van der Waals surface area contributed by atoms with Crippen LogP contribution in [0.3, 0.4) is 0 Å². The van der Waals surface area contributed by atoms with Gasteiger partial charge in [0.25, 0.3) is 0 Å². The van der Waals surface area contributed by atoms with Crippen LogP contribution in [0.4, 0.5) is 5.95 Å². The van der Waals surface area contributed by atoms with E-state index in [1.54, 1.807) is 0 Å². The van der Waals surface area contributed by atoms with E-state index in [0.29, 0.717) is 0 Å². The molecule has 0 atom stereocenters. The largest absolute Gasteiger partial charge is 0.352 e. The molecule has 0 aliphatic heterocycles. The van der Waals surface area contributed by atoms with E-state index < -0.39 is 0 Å². The van der Waals surface area contributed by atoms with Crippen molar-refractivity contribution in [3.05, 3.63) is 96.1 Å². The maximum atomic E-state index is 4.78. The second-order valence-electron chi connectivity index (χ2n) is 5.84. The topological polar surface area (TPSA) is 29.9 Å². The van der Waals surface area contributed by atoms with E-state index in [1.165, 1.54) is 11.1 Å². The molecule has 3 aromatic carbocycles. The fraction of sp³-hybridized carbons (Fsp3) is 0.0952. The highest BCUT2D eigenvalue weighted by Gasteiger charge is 2.10. The smallest absolute Gasteiger partial charge is 0.204 e. The van der Waals surface area contributed by atoms with Crippen molar-refractivity contribution in [3.8, 4) is 0 Å². The van der Waals surface area contributed by atoms with Gasteiger partial charge < -0.3 is 9.88 Å². The average molecular weight is 313 g/mol. The van der Waals surface area contributed by atoms with Gasteiger partial charge in [0.1, 0.15) is 0 Å². The monoisotopic (exact) mass is 313 g/mol. The number of para-hydroxylation sites is 2. The van der Waals surface area contributed by atoms with E-state index in [-0.39, 0.29) is 0 Å². The molecule has 3 heteroatoms. The van der Waals surface area contributed by atoms with E-state index >= 15 is 0 Å². The number of aromatic nitrogens is 2. The van der Waals surface area contributed by atoms with Crippen LogP contribution in [-0.4, -0.2) is 9.55 Å². The van der Waals surface area contributed by atoms with Crippen LogP contribution in [-0.2, 0) is 13.1 Å². The zero-order valence-electron chi connectivity index (χ0n) is 13.4. The first-order valence-corrected chi connectivity index (χ1v) is 8.17. The van der Waals surface area contributed by atoms with Crippen molar-refractivity contribution in [2.75, 3.05) is 5.32 Å². The van der Waals surface area contributed by atoms with Gasteiger partial charge in [0.05, 0.1) is 17.6 Å². The molecular weight excluding hydrogens is 294 g/mol. The minimum absolute atomic E-state index is 0.763.